The lowest BCUT2D eigenvalue weighted by atomic mass is 9.83. The molecule has 1 aromatic carbocycles. The number of amides is 1. The van der Waals surface area contributed by atoms with Gasteiger partial charge >= 0.3 is 0 Å². The molecular formula is C14H17BrNO2P. The molecule has 1 aromatic rings. The van der Waals surface area contributed by atoms with Gasteiger partial charge in [0.1, 0.15) is 0 Å². The largest absolute Gasteiger partial charge is 0.381 e. The minimum atomic E-state index is -1.22. The van der Waals surface area contributed by atoms with Crippen LogP contribution in [0.15, 0.2) is 16.6 Å². The van der Waals surface area contributed by atoms with Crippen molar-refractivity contribution in [3.8, 4) is 0 Å². The zero-order valence-corrected chi connectivity index (χ0v) is 13.6. The minimum Gasteiger partial charge on any atom is -0.381 e. The number of hydrogen-bond acceptors (Lipinski definition) is 2. The normalized spacial score (nSPS) is 23.4. The van der Waals surface area contributed by atoms with Crippen molar-refractivity contribution >= 4 is 30.5 Å². The third kappa shape index (κ3) is 1.88. The van der Waals surface area contributed by atoms with E-state index in [1.54, 1.807) is 0 Å². The van der Waals surface area contributed by atoms with Crippen LogP contribution in [0.3, 0.4) is 0 Å². The fourth-order valence-corrected chi connectivity index (χ4v) is 4.83. The molecule has 0 bridgehead atoms. The molecule has 1 fully saturated rings. The second kappa shape index (κ2) is 4.83. The van der Waals surface area contributed by atoms with Crippen LogP contribution < -0.4 is 0 Å². The number of ether oxygens (including phenoxy) is 1. The van der Waals surface area contributed by atoms with Gasteiger partial charge in [-0.05, 0) is 58.4 Å². The number of aryl methyl sites for hydroxylation is 1. The SMILES string of the molecule is [2H]P(C)N1C(=O)c2c(C)cc(Br)cc2C12CCOCC2. The van der Waals surface area contributed by atoms with Gasteiger partial charge in [0.2, 0.25) is 0 Å². The maximum atomic E-state index is 12.8. The number of hydrogen-bond donors (Lipinski definition) is 0. The molecule has 102 valence electrons. The molecule has 5 heteroatoms. The topological polar surface area (TPSA) is 29.5 Å². The Bertz CT molecular complexity index is 573. The van der Waals surface area contributed by atoms with Crippen molar-refractivity contribution in [2.24, 2.45) is 0 Å². The number of fused-ring (bicyclic) bond motifs is 2. The highest BCUT2D eigenvalue weighted by Gasteiger charge is 2.50. The van der Waals surface area contributed by atoms with Crippen molar-refractivity contribution in [2.75, 3.05) is 19.9 Å². The lowest BCUT2D eigenvalue weighted by Crippen LogP contribution is -2.43. The predicted molar refractivity (Wildman–Crippen MR) is 81.0 cm³/mol. The lowest BCUT2D eigenvalue weighted by Gasteiger charge is -2.41. The van der Waals surface area contributed by atoms with Crippen LogP contribution in [0.25, 0.3) is 0 Å². The van der Waals surface area contributed by atoms with E-state index in [0.29, 0.717) is 13.2 Å². The van der Waals surface area contributed by atoms with Gasteiger partial charge in [0.15, 0.2) is 0 Å². The van der Waals surface area contributed by atoms with Crippen molar-refractivity contribution in [1.82, 2.24) is 4.67 Å². The lowest BCUT2D eigenvalue weighted by molar-refractivity contribution is 0.0137. The minimum absolute atomic E-state index is 0.0236. The van der Waals surface area contributed by atoms with E-state index in [1.807, 2.05) is 24.3 Å². The quantitative estimate of drug-likeness (QED) is 0.731. The maximum absolute atomic E-state index is 12.8. The number of nitrogens with zero attached hydrogens (tertiary/aromatic N) is 1. The van der Waals surface area contributed by atoms with Gasteiger partial charge in [-0.2, -0.15) is 0 Å². The summed E-state index contributed by atoms with van der Waals surface area (Å²) in [5, 5.41) is 0. The van der Waals surface area contributed by atoms with Crippen LogP contribution in [0.2, 0.25) is 0 Å². The summed E-state index contributed by atoms with van der Waals surface area (Å²) in [6, 6.07) is 4.04. The Labute approximate surface area is 124 Å². The highest BCUT2D eigenvalue weighted by molar-refractivity contribution is 9.10. The molecule has 3 nitrogen and oxygen atoms in total. The summed E-state index contributed by atoms with van der Waals surface area (Å²) in [6.07, 6.45) is 1.57. The Morgan fingerprint density at radius 3 is 2.79 bits per heavy atom. The van der Waals surface area contributed by atoms with Crippen molar-refractivity contribution in [1.29, 1.82) is 1.28 Å². The van der Waals surface area contributed by atoms with Crippen LogP contribution in [0.4, 0.5) is 0 Å². The number of carbonyl (C=O) groups excluding carboxylic acids is 1. The molecule has 0 aliphatic carbocycles. The van der Waals surface area contributed by atoms with Gasteiger partial charge < -0.3 is 9.41 Å². The van der Waals surface area contributed by atoms with Gasteiger partial charge in [-0.15, -0.1) is 0 Å². The zero-order chi connectivity index (χ0) is 14.5. The highest BCUT2D eigenvalue weighted by Crippen LogP contribution is 2.51. The van der Waals surface area contributed by atoms with Crippen molar-refractivity contribution in [3.63, 3.8) is 0 Å². The van der Waals surface area contributed by atoms with Gasteiger partial charge in [0.05, 0.1) is 6.82 Å². The van der Waals surface area contributed by atoms with E-state index in [-0.39, 0.29) is 11.4 Å². The van der Waals surface area contributed by atoms with E-state index < -0.39 is 8.68 Å². The third-order valence-electron chi connectivity index (χ3n) is 4.13. The van der Waals surface area contributed by atoms with Crippen LogP contribution in [0, 0.1) is 6.92 Å². The van der Waals surface area contributed by atoms with Gasteiger partial charge in [-0.1, -0.05) is 15.9 Å². The van der Waals surface area contributed by atoms with Crippen LogP contribution >= 0.6 is 24.6 Å². The number of benzene rings is 1. The first-order valence-corrected chi connectivity index (χ1v) is 8.51. The fourth-order valence-electron chi connectivity index (χ4n) is 3.28. The molecule has 0 aromatic heterocycles. The van der Waals surface area contributed by atoms with Crippen molar-refractivity contribution in [3.05, 3.63) is 33.3 Å². The molecule has 0 radical (unpaired) electrons. The number of rotatable bonds is 1. The molecule has 1 saturated heterocycles. The maximum Gasteiger partial charge on any atom is 0.258 e. The summed E-state index contributed by atoms with van der Waals surface area (Å²) in [4.78, 5) is 12.8. The van der Waals surface area contributed by atoms with Crippen LogP contribution in [0.1, 0.15) is 34.3 Å². The molecule has 1 spiro atoms. The molecule has 0 N–H and O–H groups in total. The van der Waals surface area contributed by atoms with Gasteiger partial charge in [-0.3, -0.25) is 4.79 Å². The first-order chi connectivity index (χ1) is 9.47. The molecule has 1 atom stereocenters. The van der Waals surface area contributed by atoms with Crippen LogP contribution in [0.5, 0.6) is 0 Å². The monoisotopic (exact) mass is 342 g/mol. The summed E-state index contributed by atoms with van der Waals surface area (Å²) in [5.74, 6) is 0.0236. The van der Waals surface area contributed by atoms with Crippen LogP contribution in [-0.4, -0.2) is 31.7 Å². The Morgan fingerprint density at radius 2 is 2.16 bits per heavy atom. The summed E-state index contributed by atoms with van der Waals surface area (Å²) >= 11 is 3.54. The average molecular weight is 343 g/mol. The molecule has 2 heterocycles. The molecule has 1 unspecified atom stereocenters. The van der Waals surface area contributed by atoms with Crippen LogP contribution in [-0.2, 0) is 10.3 Å². The third-order valence-corrected chi connectivity index (χ3v) is 5.56. The Hall–Kier alpha value is -0.440. The molecule has 2 aliphatic heterocycles. The van der Waals surface area contributed by atoms with E-state index in [1.165, 1.54) is 0 Å². The first kappa shape index (κ1) is 12.3. The summed E-state index contributed by atoms with van der Waals surface area (Å²) in [6.45, 7) is 5.11. The Morgan fingerprint density at radius 1 is 1.47 bits per heavy atom. The van der Waals surface area contributed by atoms with E-state index in [0.717, 1.165) is 34.0 Å². The molecular weight excluding hydrogens is 325 g/mol. The molecule has 1 amide bonds. The second-order valence-corrected chi connectivity index (χ2v) is 6.82. The van der Waals surface area contributed by atoms with E-state index >= 15 is 0 Å². The van der Waals surface area contributed by atoms with E-state index in [4.69, 9.17) is 6.02 Å². The summed E-state index contributed by atoms with van der Waals surface area (Å²) < 4.78 is 16.5. The van der Waals surface area contributed by atoms with Gasteiger partial charge in [0.25, 0.3) is 5.91 Å². The Balaban J connectivity index is 2.24. The number of carbonyl (C=O) groups is 1. The predicted octanol–water partition coefficient (Wildman–Crippen LogP) is 3.44. The summed E-state index contributed by atoms with van der Waals surface area (Å²) in [5.41, 5.74) is 2.54. The first-order valence-electron chi connectivity index (χ1n) is 6.87. The van der Waals surface area contributed by atoms with Gasteiger partial charge in [-0.25, -0.2) is 0 Å². The zero-order valence-electron chi connectivity index (χ0n) is 12.1. The smallest absolute Gasteiger partial charge is 0.258 e. The fraction of sp³-hybridized carbons (Fsp3) is 0.500. The van der Waals surface area contributed by atoms with Crippen molar-refractivity contribution in [2.45, 2.75) is 25.3 Å². The standard InChI is InChI=1S/C14H17BrNO2P/c1-9-7-10(15)8-11-12(9)13(17)16(19-2)14(11)3-5-18-6-4-14/h7-8,19H,3-6H2,1-2H3/i19D. The number of halogens is 1. The molecule has 0 saturated carbocycles. The van der Waals surface area contributed by atoms with Crippen molar-refractivity contribution < 1.29 is 9.53 Å². The molecule has 3 rings (SSSR count). The second-order valence-electron chi connectivity index (χ2n) is 5.11. The van der Waals surface area contributed by atoms with E-state index in [9.17, 15) is 4.79 Å². The Kier molecular flexibility index (Phi) is 3.13. The summed E-state index contributed by atoms with van der Waals surface area (Å²) in [7, 11) is -1.22. The molecule has 2 aliphatic rings. The highest BCUT2D eigenvalue weighted by atomic mass is 79.9. The average Bonchev–Trinajstić information content (AvgIpc) is 2.60. The molecule has 19 heavy (non-hydrogen) atoms. The van der Waals surface area contributed by atoms with E-state index in [2.05, 4.69) is 22.0 Å². The van der Waals surface area contributed by atoms with Gasteiger partial charge in [0, 0.05) is 23.2 Å².